The quantitative estimate of drug-likeness (QED) is 0.342. The van der Waals surface area contributed by atoms with Crippen molar-refractivity contribution in [3.8, 4) is 5.75 Å². The lowest BCUT2D eigenvalue weighted by molar-refractivity contribution is 0.0989. The van der Waals surface area contributed by atoms with Crippen LogP contribution in [0.3, 0.4) is 0 Å². The van der Waals surface area contributed by atoms with E-state index in [0.29, 0.717) is 40.8 Å². The van der Waals surface area contributed by atoms with Gasteiger partial charge in [0.05, 0.1) is 6.61 Å². The highest BCUT2D eigenvalue weighted by atomic mass is 32.1. The molecule has 2 aromatic heterocycles. The molecule has 2 amide bonds. The third kappa shape index (κ3) is 5.16. The molecule has 0 radical (unpaired) electrons. The smallest absolute Gasteiger partial charge is 0.274 e. The Kier molecular flexibility index (Phi) is 7.49. The summed E-state index contributed by atoms with van der Waals surface area (Å²) in [6.07, 6.45) is 1.44. The molecule has 0 aliphatic carbocycles. The molecule has 0 aliphatic heterocycles. The second-order valence-corrected chi connectivity index (χ2v) is 9.32. The molecule has 2 aromatic carbocycles. The summed E-state index contributed by atoms with van der Waals surface area (Å²) < 4.78 is 6.66. The first kappa shape index (κ1) is 25.1. The summed E-state index contributed by atoms with van der Waals surface area (Å²) in [5.74, 6) is -0.384. The van der Waals surface area contributed by atoms with Crippen LogP contribution in [-0.2, 0) is 6.42 Å². The monoisotopic (exact) mass is 504 g/mol. The summed E-state index contributed by atoms with van der Waals surface area (Å²) in [5, 5.41) is 5.70. The first-order valence-corrected chi connectivity index (χ1v) is 12.6. The van der Waals surface area contributed by atoms with Crippen molar-refractivity contribution in [2.75, 3.05) is 17.2 Å². The van der Waals surface area contributed by atoms with E-state index in [1.807, 2.05) is 39.8 Å². The molecule has 2 heterocycles. The number of aryl methyl sites for hydroxylation is 2. The molecule has 0 saturated carbocycles. The van der Waals surface area contributed by atoms with Gasteiger partial charge in [-0.15, -0.1) is 0 Å². The van der Waals surface area contributed by atoms with Crippen LogP contribution in [0.15, 0.2) is 53.3 Å². The summed E-state index contributed by atoms with van der Waals surface area (Å²) in [4.78, 5) is 44.9. The minimum absolute atomic E-state index is 0.0489. The molecule has 0 unspecified atom stereocenters. The lowest BCUT2D eigenvalue weighted by Crippen LogP contribution is -2.25. The number of aromatic nitrogens is 2. The van der Waals surface area contributed by atoms with Gasteiger partial charge in [-0.05, 0) is 68.7 Å². The Hall–Kier alpha value is -3.98. The van der Waals surface area contributed by atoms with Crippen LogP contribution in [-0.4, -0.2) is 27.8 Å². The topological polar surface area (TPSA) is 102 Å². The fourth-order valence-corrected chi connectivity index (χ4v) is 4.86. The van der Waals surface area contributed by atoms with E-state index in [0.717, 1.165) is 28.9 Å². The van der Waals surface area contributed by atoms with Gasteiger partial charge in [-0.1, -0.05) is 36.8 Å². The number of hydrogen-bond acceptors (Lipinski definition) is 6. The Morgan fingerprint density at radius 2 is 1.78 bits per heavy atom. The van der Waals surface area contributed by atoms with E-state index in [1.54, 1.807) is 30.3 Å². The summed E-state index contributed by atoms with van der Waals surface area (Å²) in [6.45, 7) is 8.29. The van der Waals surface area contributed by atoms with E-state index in [9.17, 15) is 14.4 Å². The number of amides is 2. The van der Waals surface area contributed by atoms with Crippen LogP contribution in [0.2, 0.25) is 0 Å². The van der Waals surface area contributed by atoms with E-state index in [-0.39, 0.29) is 10.6 Å². The van der Waals surface area contributed by atoms with Crippen molar-refractivity contribution in [3.63, 3.8) is 0 Å². The first-order chi connectivity index (χ1) is 17.3. The molecular weight excluding hydrogens is 476 g/mol. The normalized spacial score (nSPS) is 10.9. The molecule has 0 atom stereocenters. The van der Waals surface area contributed by atoms with Crippen molar-refractivity contribution in [2.24, 2.45) is 0 Å². The van der Waals surface area contributed by atoms with Gasteiger partial charge in [-0.2, -0.15) is 0 Å². The van der Waals surface area contributed by atoms with Crippen LogP contribution in [0.4, 0.5) is 11.4 Å². The molecule has 8 nitrogen and oxygen atoms in total. The average molecular weight is 505 g/mol. The third-order valence-corrected chi connectivity index (χ3v) is 6.82. The van der Waals surface area contributed by atoms with Crippen LogP contribution >= 0.6 is 11.3 Å². The number of nitrogens with zero attached hydrogens (tertiary/aromatic N) is 2. The molecule has 2 N–H and O–H groups in total. The lowest BCUT2D eigenvalue weighted by Gasteiger charge is -2.11. The van der Waals surface area contributed by atoms with Gasteiger partial charge in [0.2, 0.25) is 0 Å². The van der Waals surface area contributed by atoms with Crippen molar-refractivity contribution in [1.82, 2.24) is 9.38 Å². The minimum atomic E-state index is -0.580. The second kappa shape index (κ2) is 10.7. The number of benzene rings is 2. The molecule has 0 aliphatic rings. The fraction of sp³-hybridized carbons (Fsp3) is 0.259. The number of ether oxygens (including phenoxy) is 1. The number of anilines is 2. The SMILES string of the molecule is CCCc1cc(=O)n2c(C(=O)Nc3ccc(OCC)cc3)c(C(=O)Nc3cccc(C)c3C)sc2n1. The summed E-state index contributed by atoms with van der Waals surface area (Å²) in [6, 6.07) is 13.9. The van der Waals surface area contributed by atoms with E-state index >= 15 is 0 Å². The van der Waals surface area contributed by atoms with Gasteiger partial charge in [-0.25, -0.2) is 9.38 Å². The first-order valence-electron chi connectivity index (χ1n) is 11.8. The maximum absolute atomic E-state index is 13.5. The zero-order valence-electron chi connectivity index (χ0n) is 20.7. The number of thiazole rings is 1. The van der Waals surface area contributed by atoms with Crippen molar-refractivity contribution < 1.29 is 14.3 Å². The highest BCUT2D eigenvalue weighted by Crippen LogP contribution is 2.26. The van der Waals surface area contributed by atoms with Crippen molar-refractivity contribution in [1.29, 1.82) is 0 Å². The van der Waals surface area contributed by atoms with Gasteiger partial charge >= 0.3 is 0 Å². The molecule has 0 fully saturated rings. The molecular formula is C27H28N4O4S. The van der Waals surface area contributed by atoms with E-state index in [4.69, 9.17) is 4.74 Å². The summed E-state index contributed by atoms with van der Waals surface area (Å²) in [7, 11) is 0. The van der Waals surface area contributed by atoms with Crippen LogP contribution in [0.5, 0.6) is 5.75 Å². The molecule has 36 heavy (non-hydrogen) atoms. The van der Waals surface area contributed by atoms with Gasteiger partial charge in [0.15, 0.2) is 4.96 Å². The van der Waals surface area contributed by atoms with E-state index in [1.165, 1.54) is 10.5 Å². The van der Waals surface area contributed by atoms with Crippen LogP contribution in [0.1, 0.15) is 57.2 Å². The number of nitrogens with one attached hydrogen (secondary N) is 2. The summed E-state index contributed by atoms with van der Waals surface area (Å²) >= 11 is 1.02. The zero-order valence-corrected chi connectivity index (χ0v) is 21.5. The zero-order chi connectivity index (χ0) is 25.8. The number of carbonyl (C=O) groups excluding carboxylic acids is 2. The Balaban J connectivity index is 1.77. The summed E-state index contributed by atoms with van der Waals surface area (Å²) in [5.41, 5.74) is 3.28. The highest BCUT2D eigenvalue weighted by Gasteiger charge is 2.27. The number of carbonyl (C=O) groups is 2. The van der Waals surface area contributed by atoms with Crippen LogP contribution in [0.25, 0.3) is 4.96 Å². The van der Waals surface area contributed by atoms with E-state index < -0.39 is 17.4 Å². The van der Waals surface area contributed by atoms with E-state index in [2.05, 4.69) is 15.6 Å². The second-order valence-electron chi connectivity index (χ2n) is 8.35. The van der Waals surface area contributed by atoms with Gasteiger partial charge in [0.1, 0.15) is 16.3 Å². The van der Waals surface area contributed by atoms with Crippen LogP contribution in [0, 0.1) is 13.8 Å². The molecule has 0 saturated heterocycles. The predicted octanol–water partition coefficient (Wildman–Crippen LogP) is 5.23. The van der Waals surface area contributed by atoms with Gasteiger partial charge in [-0.3, -0.25) is 14.4 Å². The van der Waals surface area contributed by atoms with Crippen LogP contribution < -0.4 is 20.9 Å². The molecule has 4 rings (SSSR count). The van der Waals surface area contributed by atoms with Crippen molar-refractivity contribution in [2.45, 2.75) is 40.5 Å². The standard InChI is InChI=1S/C27H28N4O4S/c1-5-8-19-15-22(32)31-23(25(33)28-18-11-13-20(14-12-18)35-6-2)24(36-27(31)29-19)26(34)30-21-10-7-9-16(3)17(21)4/h7,9-15H,5-6,8H2,1-4H3,(H,28,33)(H,30,34). The molecule has 186 valence electrons. The number of fused-ring (bicyclic) bond motifs is 1. The molecule has 4 aromatic rings. The van der Waals surface area contributed by atoms with Crippen molar-refractivity contribution in [3.05, 3.63) is 86.3 Å². The molecule has 0 spiro atoms. The largest absolute Gasteiger partial charge is 0.494 e. The molecule has 9 heteroatoms. The highest BCUT2D eigenvalue weighted by molar-refractivity contribution is 7.19. The number of rotatable bonds is 8. The number of hydrogen-bond donors (Lipinski definition) is 2. The average Bonchev–Trinajstić information content (AvgIpc) is 3.24. The van der Waals surface area contributed by atoms with Crippen molar-refractivity contribution >= 4 is 39.5 Å². The Bertz CT molecular complexity index is 1490. The van der Waals surface area contributed by atoms with Gasteiger partial charge in [0, 0.05) is 23.1 Å². The predicted molar refractivity (Wildman–Crippen MR) is 143 cm³/mol. The fourth-order valence-electron chi connectivity index (χ4n) is 3.82. The Morgan fingerprint density at radius 1 is 1.03 bits per heavy atom. The Morgan fingerprint density at radius 3 is 2.47 bits per heavy atom. The van der Waals surface area contributed by atoms with Gasteiger partial charge in [0.25, 0.3) is 17.4 Å². The third-order valence-electron chi connectivity index (χ3n) is 5.78. The maximum Gasteiger partial charge on any atom is 0.274 e. The lowest BCUT2D eigenvalue weighted by atomic mass is 10.1. The van der Waals surface area contributed by atoms with Gasteiger partial charge < -0.3 is 15.4 Å². The maximum atomic E-state index is 13.5. The Labute approximate surface area is 213 Å². The molecule has 0 bridgehead atoms. The minimum Gasteiger partial charge on any atom is -0.494 e.